The van der Waals surface area contributed by atoms with Gasteiger partial charge in [0.15, 0.2) is 6.23 Å². The van der Waals surface area contributed by atoms with Crippen LogP contribution in [0.2, 0.25) is 0 Å². The van der Waals surface area contributed by atoms with Gasteiger partial charge in [0.1, 0.15) is 0 Å². The lowest BCUT2D eigenvalue weighted by molar-refractivity contribution is 0.186. The summed E-state index contributed by atoms with van der Waals surface area (Å²) in [5.41, 5.74) is 4.96. The molecule has 34 valence electrons. The summed E-state index contributed by atoms with van der Waals surface area (Å²) in [6.45, 7) is 1.59. The van der Waals surface area contributed by atoms with Crippen molar-refractivity contribution < 1.29 is 4.74 Å². The summed E-state index contributed by atoms with van der Waals surface area (Å²) in [6, 6.07) is 0. The summed E-state index contributed by atoms with van der Waals surface area (Å²) in [5.74, 6) is 0. The van der Waals surface area contributed by atoms with Gasteiger partial charge < -0.3 is 4.74 Å². The molecular formula is C3H6N2O. The third kappa shape index (κ3) is 3.25. The Balaban J connectivity index is 2.88. The summed E-state index contributed by atoms with van der Waals surface area (Å²) in [6.07, 6.45) is 0.979. The van der Waals surface area contributed by atoms with Crippen LogP contribution in [-0.2, 0) is 4.74 Å². The molecule has 0 aliphatic heterocycles. The van der Waals surface area contributed by atoms with Crippen LogP contribution in [0, 0.1) is 11.5 Å². The summed E-state index contributed by atoms with van der Waals surface area (Å²) < 4.78 is 4.12. The van der Waals surface area contributed by atoms with Crippen molar-refractivity contribution in [1.82, 2.24) is 0 Å². The van der Waals surface area contributed by atoms with Gasteiger partial charge >= 0.3 is 0 Å². The molecule has 0 saturated carbocycles. The molecule has 0 aliphatic carbocycles. The van der Waals surface area contributed by atoms with Crippen LogP contribution in [0.3, 0.4) is 0 Å². The average Bonchev–Trinajstić information content (AvgIpc) is 1.35. The fourth-order valence-electron chi connectivity index (χ4n) is 0.0831. The molecule has 3 heteroatoms. The lowest BCUT2D eigenvalue weighted by Gasteiger charge is -1.94. The van der Waals surface area contributed by atoms with Crippen molar-refractivity contribution in [2.24, 2.45) is 5.73 Å². The maximum absolute atomic E-state index is 7.68. The number of nitrogens with two attached hydrogens (primary N) is 1. The van der Waals surface area contributed by atoms with Gasteiger partial charge in [0.25, 0.3) is 6.26 Å². The Morgan fingerprint density at radius 1 is 2.00 bits per heavy atom. The molecule has 0 fully saturated rings. The molecule has 0 amide bonds. The third-order valence-corrected chi connectivity index (χ3v) is 0.239. The first-order valence-electron chi connectivity index (χ1n) is 1.57. The number of nitrogens with zero attached hydrogens (tertiary/aromatic N) is 1. The zero-order valence-corrected chi connectivity index (χ0v) is 3.51. The summed E-state index contributed by atoms with van der Waals surface area (Å²) in [7, 11) is 0. The van der Waals surface area contributed by atoms with Crippen LogP contribution in [0.15, 0.2) is 0 Å². The Kier molecular flexibility index (Phi) is 2.17. The molecule has 1 unspecified atom stereocenters. The van der Waals surface area contributed by atoms with E-state index >= 15 is 0 Å². The number of nitriles is 1. The molecule has 1 atom stereocenters. The van der Waals surface area contributed by atoms with Crippen LogP contribution in [0.4, 0.5) is 0 Å². The fraction of sp³-hybridized carbons (Fsp3) is 0.667. The molecule has 0 rings (SSSR count). The maximum atomic E-state index is 7.68. The smallest absolute Gasteiger partial charge is 0.287 e. The highest BCUT2D eigenvalue weighted by atomic mass is 16.5. The number of ether oxygens (including phenoxy) is 1. The number of rotatable bonds is 1. The minimum absolute atomic E-state index is 0.463. The van der Waals surface area contributed by atoms with Crippen LogP contribution in [-0.4, -0.2) is 6.23 Å². The van der Waals surface area contributed by atoms with Crippen molar-refractivity contribution in [2.45, 2.75) is 13.2 Å². The molecule has 0 spiro atoms. The van der Waals surface area contributed by atoms with Crippen LogP contribution in [0.1, 0.15) is 6.92 Å². The van der Waals surface area contributed by atoms with Gasteiger partial charge in [-0.15, -0.1) is 0 Å². The summed E-state index contributed by atoms with van der Waals surface area (Å²) in [4.78, 5) is 0. The topological polar surface area (TPSA) is 59.0 Å². The van der Waals surface area contributed by atoms with E-state index in [4.69, 9.17) is 11.0 Å². The Labute approximate surface area is 36.3 Å². The van der Waals surface area contributed by atoms with Crippen molar-refractivity contribution in [1.29, 1.82) is 5.26 Å². The van der Waals surface area contributed by atoms with Crippen molar-refractivity contribution in [3.63, 3.8) is 0 Å². The average molecular weight is 86.1 g/mol. The van der Waals surface area contributed by atoms with Gasteiger partial charge in [-0.2, -0.15) is 5.26 Å². The molecule has 0 aliphatic rings. The second-order valence-electron chi connectivity index (χ2n) is 0.914. The molecule has 0 saturated heterocycles. The van der Waals surface area contributed by atoms with Crippen molar-refractivity contribution in [2.75, 3.05) is 0 Å². The molecule has 6 heavy (non-hydrogen) atoms. The van der Waals surface area contributed by atoms with Crippen LogP contribution in [0.5, 0.6) is 0 Å². The Bertz CT molecular complexity index is 63.7. The maximum Gasteiger partial charge on any atom is 0.287 e. The highest BCUT2D eigenvalue weighted by Crippen LogP contribution is 1.71. The minimum atomic E-state index is -0.463. The van der Waals surface area contributed by atoms with Gasteiger partial charge in [-0.05, 0) is 6.92 Å². The zero-order valence-electron chi connectivity index (χ0n) is 3.51. The van der Waals surface area contributed by atoms with E-state index in [-0.39, 0.29) is 0 Å². The van der Waals surface area contributed by atoms with Crippen molar-refractivity contribution in [3.8, 4) is 6.26 Å². The van der Waals surface area contributed by atoms with Gasteiger partial charge in [-0.1, -0.05) is 0 Å². The highest BCUT2D eigenvalue weighted by molar-refractivity contribution is 4.48. The van der Waals surface area contributed by atoms with Gasteiger partial charge in [-0.3, -0.25) is 5.73 Å². The molecule has 0 aromatic heterocycles. The molecule has 0 radical (unpaired) electrons. The molecule has 3 nitrogen and oxygen atoms in total. The van der Waals surface area contributed by atoms with Crippen LogP contribution >= 0.6 is 0 Å². The first kappa shape index (κ1) is 5.25. The van der Waals surface area contributed by atoms with E-state index in [2.05, 4.69) is 4.74 Å². The quantitative estimate of drug-likeness (QED) is 0.355. The third-order valence-electron chi connectivity index (χ3n) is 0.239. The summed E-state index contributed by atoms with van der Waals surface area (Å²) >= 11 is 0. The van der Waals surface area contributed by atoms with E-state index in [1.54, 1.807) is 6.92 Å². The highest BCUT2D eigenvalue weighted by Gasteiger charge is 1.83. The van der Waals surface area contributed by atoms with Gasteiger partial charge in [-0.25, -0.2) is 0 Å². The van der Waals surface area contributed by atoms with Crippen molar-refractivity contribution in [3.05, 3.63) is 0 Å². The van der Waals surface area contributed by atoms with E-state index < -0.39 is 6.23 Å². The SMILES string of the molecule is CC(N)OC#N. The lowest BCUT2D eigenvalue weighted by Crippen LogP contribution is -2.15. The second kappa shape index (κ2) is 2.49. The zero-order chi connectivity index (χ0) is 4.99. The first-order chi connectivity index (χ1) is 2.77. The van der Waals surface area contributed by atoms with Gasteiger partial charge in [0, 0.05) is 0 Å². The molecular weight excluding hydrogens is 80.0 g/mol. The molecule has 0 heterocycles. The minimum Gasteiger partial charge on any atom is -0.409 e. The monoisotopic (exact) mass is 86.0 g/mol. The van der Waals surface area contributed by atoms with E-state index in [1.807, 2.05) is 0 Å². The molecule has 0 aromatic carbocycles. The van der Waals surface area contributed by atoms with E-state index in [1.165, 1.54) is 6.26 Å². The second-order valence-corrected chi connectivity index (χ2v) is 0.914. The van der Waals surface area contributed by atoms with E-state index in [0.29, 0.717) is 0 Å². The number of hydrogen-bond donors (Lipinski definition) is 1. The molecule has 0 aromatic rings. The standard InChI is InChI=1S/C3H6N2O/c1-3(5)6-2-4/h3H,5H2,1H3. The first-order valence-corrected chi connectivity index (χ1v) is 1.57. The van der Waals surface area contributed by atoms with Crippen molar-refractivity contribution >= 4 is 0 Å². The van der Waals surface area contributed by atoms with E-state index in [9.17, 15) is 0 Å². The Hall–Kier alpha value is -0.750. The van der Waals surface area contributed by atoms with Crippen LogP contribution < -0.4 is 5.73 Å². The van der Waals surface area contributed by atoms with Gasteiger partial charge in [0.2, 0.25) is 0 Å². The molecule has 0 bridgehead atoms. The van der Waals surface area contributed by atoms with Gasteiger partial charge in [0.05, 0.1) is 0 Å². The Morgan fingerprint density at radius 3 is 2.50 bits per heavy atom. The number of hydrogen-bond acceptors (Lipinski definition) is 3. The molecule has 2 N–H and O–H groups in total. The predicted molar refractivity (Wildman–Crippen MR) is 20.3 cm³/mol. The van der Waals surface area contributed by atoms with Crippen LogP contribution in [0.25, 0.3) is 0 Å². The summed E-state index contributed by atoms with van der Waals surface area (Å²) in [5, 5.41) is 7.68. The predicted octanol–water partition coefficient (Wildman–Crippen LogP) is -0.211. The normalized spacial score (nSPS) is 12.2. The lowest BCUT2D eigenvalue weighted by atomic mass is 10.7. The van der Waals surface area contributed by atoms with E-state index in [0.717, 1.165) is 0 Å². The largest absolute Gasteiger partial charge is 0.409 e. The fourth-order valence-corrected chi connectivity index (χ4v) is 0.0831. The Morgan fingerprint density at radius 2 is 2.50 bits per heavy atom.